The number of anilines is 1. The van der Waals surface area contributed by atoms with Gasteiger partial charge in [0, 0.05) is 10.4 Å². The molecule has 0 aliphatic heterocycles. The lowest BCUT2D eigenvalue weighted by molar-refractivity contribution is 0.0528. The van der Waals surface area contributed by atoms with Crippen molar-refractivity contribution in [1.82, 2.24) is 0 Å². The maximum atomic E-state index is 12.5. The molecule has 0 aliphatic rings. The standard InChI is InChI=1S/C20H25NO3S/c1-6-15-12-16(19(23)24-7-2)18(25-15)21-17(22)13-8-10-14(11-9-13)20(3,4)5/h8-12H,6-7H2,1-5H3,(H,21,22). The van der Waals surface area contributed by atoms with Crippen LogP contribution in [-0.2, 0) is 16.6 Å². The second-order valence-corrected chi connectivity index (χ2v) is 7.95. The third-order valence-electron chi connectivity index (χ3n) is 3.87. The van der Waals surface area contributed by atoms with E-state index in [4.69, 9.17) is 4.74 Å². The Morgan fingerprint density at radius 1 is 1.12 bits per heavy atom. The zero-order valence-electron chi connectivity index (χ0n) is 15.4. The molecule has 1 aromatic heterocycles. The van der Waals surface area contributed by atoms with Crippen LogP contribution < -0.4 is 5.32 Å². The minimum atomic E-state index is -0.406. The third-order valence-corrected chi connectivity index (χ3v) is 5.06. The first-order chi connectivity index (χ1) is 11.8. The van der Waals surface area contributed by atoms with Crippen molar-refractivity contribution in [2.75, 3.05) is 11.9 Å². The molecule has 4 nitrogen and oxygen atoms in total. The molecule has 0 radical (unpaired) electrons. The second-order valence-electron chi connectivity index (χ2n) is 6.81. The molecule has 1 aromatic carbocycles. The Morgan fingerprint density at radius 2 is 1.76 bits per heavy atom. The number of nitrogens with one attached hydrogen (secondary N) is 1. The molecule has 0 atom stereocenters. The van der Waals surface area contributed by atoms with Crippen LogP contribution in [0.5, 0.6) is 0 Å². The highest BCUT2D eigenvalue weighted by molar-refractivity contribution is 7.16. The summed E-state index contributed by atoms with van der Waals surface area (Å²) in [7, 11) is 0. The first-order valence-electron chi connectivity index (χ1n) is 8.48. The fourth-order valence-electron chi connectivity index (χ4n) is 2.37. The van der Waals surface area contributed by atoms with E-state index in [0.717, 1.165) is 11.3 Å². The SMILES string of the molecule is CCOC(=O)c1cc(CC)sc1NC(=O)c1ccc(C(C)(C)C)cc1. The number of rotatable bonds is 5. The zero-order valence-corrected chi connectivity index (χ0v) is 16.3. The number of esters is 1. The molecule has 0 saturated heterocycles. The van der Waals surface area contributed by atoms with Gasteiger partial charge in [0.15, 0.2) is 0 Å². The van der Waals surface area contributed by atoms with Gasteiger partial charge in [0.25, 0.3) is 5.91 Å². The van der Waals surface area contributed by atoms with E-state index < -0.39 is 5.97 Å². The van der Waals surface area contributed by atoms with Gasteiger partial charge in [0.1, 0.15) is 5.00 Å². The van der Waals surface area contributed by atoms with Crippen molar-refractivity contribution in [2.24, 2.45) is 0 Å². The number of amides is 1. The number of aryl methyl sites for hydroxylation is 1. The molecule has 0 aliphatic carbocycles. The maximum Gasteiger partial charge on any atom is 0.341 e. The Kier molecular flexibility index (Phi) is 6.01. The molecule has 0 unspecified atom stereocenters. The number of hydrogen-bond acceptors (Lipinski definition) is 4. The molecule has 1 N–H and O–H groups in total. The Labute approximate surface area is 153 Å². The van der Waals surface area contributed by atoms with Gasteiger partial charge in [-0.25, -0.2) is 4.79 Å². The minimum Gasteiger partial charge on any atom is -0.462 e. The normalized spacial score (nSPS) is 11.2. The number of benzene rings is 1. The van der Waals surface area contributed by atoms with E-state index in [1.54, 1.807) is 13.0 Å². The van der Waals surface area contributed by atoms with Crippen LogP contribution in [0.2, 0.25) is 0 Å². The summed E-state index contributed by atoms with van der Waals surface area (Å²) in [6.45, 7) is 10.5. The highest BCUT2D eigenvalue weighted by Gasteiger charge is 2.20. The fourth-order valence-corrected chi connectivity index (χ4v) is 3.35. The molecular weight excluding hydrogens is 334 g/mol. The monoisotopic (exact) mass is 359 g/mol. The van der Waals surface area contributed by atoms with Gasteiger partial charge >= 0.3 is 5.97 Å². The first kappa shape index (κ1) is 19.2. The molecule has 25 heavy (non-hydrogen) atoms. The lowest BCUT2D eigenvalue weighted by Gasteiger charge is -2.19. The van der Waals surface area contributed by atoms with E-state index in [9.17, 15) is 9.59 Å². The first-order valence-corrected chi connectivity index (χ1v) is 9.29. The summed E-state index contributed by atoms with van der Waals surface area (Å²) in [6.07, 6.45) is 0.799. The molecule has 0 saturated carbocycles. The Bertz CT molecular complexity index is 754. The van der Waals surface area contributed by atoms with Crippen LogP contribution in [0.1, 0.15) is 65.8 Å². The lowest BCUT2D eigenvalue weighted by atomic mass is 9.87. The molecular formula is C20H25NO3S. The van der Waals surface area contributed by atoms with Crippen molar-refractivity contribution < 1.29 is 14.3 Å². The van der Waals surface area contributed by atoms with Gasteiger partial charge in [-0.3, -0.25) is 4.79 Å². The topological polar surface area (TPSA) is 55.4 Å². The summed E-state index contributed by atoms with van der Waals surface area (Å²) in [5.41, 5.74) is 2.19. The zero-order chi connectivity index (χ0) is 18.6. The average Bonchev–Trinajstić information content (AvgIpc) is 2.97. The summed E-state index contributed by atoms with van der Waals surface area (Å²) in [5.74, 6) is -0.632. The van der Waals surface area contributed by atoms with E-state index in [1.807, 2.05) is 31.2 Å². The van der Waals surface area contributed by atoms with Crippen LogP contribution >= 0.6 is 11.3 Å². The van der Waals surface area contributed by atoms with Gasteiger partial charge < -0.3 is 10.1 Å². The quantitative estimate of drug-likeness (QED) is 0.761. The predicted octanol–water partition coefficient (Wildman–Crippen LogP) is 5.04. The van der Waals surface area contributed by atoms with Crippen molar-refractivity contribution in [2.45, 2.75) is 46.5 Å². The fraction of sp³-hybridized carbons (Fsp3) is 0.400. The minimum absolute atomic E-state index is 0.0376. The van der Waals surface area contributed by atoms with Crippen LogP contribution in [-0.4, -0.2) is 18.5 Å². The predicted molar refractivity (Wildman–Crippen MR) is 103 cm³/mol. The molecule has 0 fully saturated rings. The maximum absolute atomic E-state index is 12.5. The summed E-state index contributed by atoms with van der Waals surface area (Å²) in [4.78, 5) is 25.7. The number of hydrogen-bond donors (Lipinski definition) is 1. The molecule has 0 spiro atoms. The summed E-state index contributed by atoms with van der Waals surface area (Å²) in [5, 5.41) is 3.40. The van der Waals surface area contributed by atoms with E-state index in [1.165, 1.54) is 16.9 Å². The Morgan fingerprint density at radius 3 is 2.28 bits per heavy atom. The van der Waals surface area contributed by atoms with Crippen molar-refractivity contribution in [1.29, 1.82) is 0 Å². The van der Waals surface area contributed by atoms with Crippen LogP contribution in [0.4, 0.5) is 5.00 Å². The highest BCUT2D eigenvalue weighted by atomic mass is 32.1. The van der Waals surface area contributed by atoms with E-state index in [0.29, 0.717) is 22.7 Å². The summed E-state index contributed by atoms with van der Waals surface area (Å²) < 4.78 is 5.08. The second kappa shape index (κ2) is 7.83. The molecule has 1 heterocycles. The molecule has 1 amide bonds. The van der Waals surface area contributed by atoms with Gasteiger partial charge in [-0.1, -0.05) is 39.8 Å². The molecule has 0 bridgehead atoms. The third kappa shape index (κ3) is 4.69. The number of carbonyl (C=O) groups excluding carboxylic acids is 2. The molecule has 2 rings (SSSR count). The number of ether oxygens (including phenoxy) is 1. The number of carbonyl (C=O) groups is 2. The molecule has 5 heteroatoms. The van der Waals surface area contributed by atoms with Crippen molar-refractivity contribution in [3.63, 3.8) is 0 Å². The average molecular weight is 359 g/mol. The smallest absolute Gasteiger partial charge is 0.341 e. The van der Waals surface area contributed by atoms with Gasteiger partial charge in [-0.15, -0.1) is 11.3 Å². The van der Waals surface area contributed by atoms with Crippen LogP contribution in [0.15, 0.2) is 30.3 Å². The summed E-state index contributed by atoms with van der Waals surface area (Å²) >= 11 is 1.41. The molecule has 2 aromatic rings. The van der Waals surface area contributed by atoms with E-state index in [2.05, 4.69) is 26.1 Å². The van der Waals surface area contributed by atoms with E-state index in [-0.39, 0.29) is 11.3 Å². The van der Waals surface area contributed by atoms with Crippen LogP contribution in [0.3, 0.4) is 0 Å². The number of thiophene rings is 1. The van der Waals surface area contributed by atoms with Crippen molar-refractivity contribution in [3.8, 4) is 0 Å². The van der Waals surface area contributed by atoms with Crippen LogP contribution in [0.25, 0.3) is 0 Å². The summed E-state index contributed by atoms with van der Waals surface area (Å²) in [6, 6.07) is 9.35. The Hall–Kier alpha value is -2.14. The van der Waals surface area contributed by atoms with Gasteiger partial charge in [0.2, 0.25) is 0 Å². The van der Waals surface area contributed by atoms with Gasteiger partial charge in [-0.2, -0.15) is 0 Å². The highest BCUT2D eigenvalue weighted by Crippen LogP contribution is 2.30. The van der Waals surface area contributed by atoms with Crippen LogP contribution in [0, 0.1) is 0 Å². The lowest BCUT2D eigenvalue weighted by Crippen LogP contribution is -2.15. The van der Waals surface area contributed by atoms with Gasteiger partial charge in [0.05, 0.1) is 12.2 Å². The van der Waals surface area contributed by atoms with Crippen molar-refractivity contribution in [3.05, 3.63) is 51.9 Å². The largest absolute Gasteiger partial charge is 0.462 e. The van der Waals surface area contributed by atoms with Gasteiger partial charge in [-0.05, 0) is 42.5 Å². The Balaban J connectivity index is 2.22. The van der Waals surface area contributed by atoms with Crippen molar-refractivity contribution >= 4 is 28.2 Å². The van der Waals surface area contributed by atoms with E-state index >= 15 is 0 Å². The molecule has 134 valence electrons.